The topological polar surface area (TPSA) is 29.5 Å². The Morgan fingerprint density at radius 3 is 2.53 bits per heavy atom. The van der Waals surface area contributed by atoms with Gasteiger partial charge in [0.15, 0.2) is 0 Å². The number of benzene rings is 1. The maximum Gasteiger partial charge on any atom is 0.0717 e. The summed E-state index contributed by atoms with van der Waals surface area (Å²) < 4.78 is 5.55. The molecule has 0 aromatic heterocycles. The van der Waals surface area contributed by atoms with Crippen molar-refractivity contribution in [1.29, 1.82) is 0 Å². The molecular formula is C15H20O2. The number of rotatable bonds is 5. The minimum atomic E-state index is 0.119. The van der Waals surface area contributed by atoms with Gasteiger partial charge in [-0.3, -0.25) is 0 Å². The van der Waals surface area contributed by atoms with Crippen LogP contribution in [0.1, 0.15) is 31.4 Å². The van der Waals surface area contributed by atoms with Gasteiger partial charge in [-0.1, -0.05) is 37.8 Å². The summed E-state index contributed by atoms with van der Waals surface area (Å²) >= 11 is 0. The van der Waals surface area contributed by atoms with Crippen molar-refractivity contribution in [3.05, 3.63) is 35.4 Å². The zero-order chi connectivity index (χ0) is 12.5. The summed E-state index contributed by atoms with van der Waals surface area (Å²) in [5.74, 6) is 6.46. The van der Waals surface area contributed by atoms with Crippen molar-refractivity contribution in [3.63, 3.8) is 0 Å². The maximum absolute atomic E-state index is 8.61. The van der Waals surface area contributed by atoms with E-state index in [9.17, 15) is 0 Å². The van der Waals surface area contributed by atoms with Crippen molar-refractivity contribution in [2.45, 2.75) is 26.9 Å². The first-order chi connectivity index (χ1) is 8.22. The molecule has 0 aliphatic heterocycles. The van der Waals surface area contributed by atoms with Gasteiger partial charge in [0, 0.05) is 18.6 Å². The normalized spacial score (nSPS) is 10.1. The van der Waals surface area contributed by atoms with Crippen LogP contribution in [0.4, 0.5) is 0 Å². The summed E-state index contributed by atoms with van der Waals surface area (Å²) in [4.78, 5) is 0. The third kappa shape index (κ3) is 6.11. The Labute approximate surface area is 104 Å². The van der Waals surface area contributed by atoms with Crippen LogP contribution in [0.2, 0.25) is 0 Å². The van der Waals surface area contributed by atoms with Gasteiger partial charge in [0.25, 0.3) is 0 Å². The van der Waals surface area contributed by atoms with Gasteiger partial charge < -0.3 is 9.84 Å². The van der Waals surface area contributed by atoms with Gasteiger partial charge in [0.1, 0.15) is 0 Å². The molecule has 0 amide bonds. The molecule has 1 aromatic carbocycles. The first kappa shape index (κ1) is 13.8. The van der Waals surface area contributed by atoms with Crippen molar-refractivity contribution in [3.8, 4) is 11.8 Å². The lowest BCUT2D eigenvalue weighted by Gasteiger charge is -2.06. The van der Waals surface area contributed by atoms with Gasteiger partial charge >= 0.3 is 0 Å². The quantitative estimate of drug-likeness (QED) is 0.791. The highest BCUT2D eigenvalue weighted by molar-refractivity contribution is 5.35. The summed E-state index contributed by atoms with van der Waals surface area (Å²) in [5.41, 5.74) is 2.14. The Kier molecular flexibility index (Phi) is 6.39. The molecule has 0 saturated carbocycles. The molecular weight excluding hydrogens is 212 g/mol. The Balaban J connectivity index is 2.43. The van der Waals surface area contributed by atoms with Gasteiger partial charge in [0.05, 0.1) is 13.2 Å². The molecule has 0 fully saturated rings. The molecule has 0 radical (unpaired) electrons. The molecule has 0 bridgehead atoms. The van der Waals surface area contributed by atoms with Crippen LogP contribution in [0.5, 0.6) is 0 Å². The second-order valence-electron chi connectivity index (χ2n) is 4.38. The van der Waals surface area contributed by atoms with E-state index in [1.54, 1.807) is 0 Å². The van der Waals surface area contributed by atoms with Gasteiger partial charge in [-0.2, -0.15) is 0 Å². The number of hydrogen-bond acceptors (Lipinski definition) is 2. The van der Waals surface area contributed by atoms with Crippen LogP contribution < -0.4 is 0 Å². The Bertz CT molecular complexity index is 368. The van der Waals surface area contributed by atoms with Crippen molar-refractivity contribution in [2.24, 2.45) is 5.92 Å². The Morgan fingerprint density at radius 2 is 1.94 bits per heavy atom. The molecule has 17 heavy (non-hydrogen) atoms. The van der Waals surface area contributed by atoms with E-state index in [2.05, 4.69) is 25.7 Å². The smallest absolute Gasteiger partial charge is 0.0717 e. The highest BCUT2D eigenvalue weighted by atomic mass is 16.5. The average Bonchev–Trinajstić information content (AvgIpc) is 2.31. The number of aliphatic hydroxyl groups is 1. The minimum absolute atomic E-state index is 0.119. The molecule has 0 aliphatic carbocycles. The van der Waals surface area contributed by atoms with E-state index < -0.39 is 0 Å². The number of hydrogen-bond donors (Lipinski definition) is 1. The lowest BCUT2D eigenvalue weighted by molar-refractivity contribution is 0.0971. The zero-order valence-corrected chi connectivity index (χ0v) is 10.6. The molecule has 0 unspecified atom stereocenters. The van der Waals surface area contributed by atoms with Gasteiger partial charge in [-0.25, -0.2) is 0 Å². The highest BCUT2D eigenvalue weighted by Gasteiger charge is 1.96. The summed E-state index contributed by atoms with van der Waals surface area (Å²) in [6.07, 6.45) is 0.527. The Morgan fingerprint density at radius 1 is 1.24 bits per heavy atom. The predicted molar refractivity (Wildman–Crippen MR) is 69.5 cm³/mol. The van der Waals surface area contributed by atoms with Crippen LogP contribution in [-0.4, -0.2) is 18.3 Å². The van der Waals surface area contributed by atoms with Crippen molar-refractivity contribution < 1.29 is 9.84 Å². The standard InChI is InChI=1S/C15H20O2/c1-13(2)11-17-12-15-8-6-14(7-9-15)5-3-4-10-16/h6-9,13,16H,4,10-12H2,1-2H3. The summed E-state index contributed by atoms with van der Waals surface area (Å²) in [6, 6.07) is 8.03. The third-order valence-corrected chi connectivity index (χ3v) is 2.14. The van der Waals surface area contributed by atoms with Crippen LogP contribution in [-0.2, 0) is 11.3 Å². The van der Waals surface area contributed by atoms with Crippen molar-refractivity contribution in [2.75, 3.05) is 13.2 Å². The van der Waals surface area contributed by atoms with Crippen LogP contribution in [0, 0.1) is 17.8 Å². The van der Waals surface area contributed by atoms with Crippen molar-refractivity contribution in [1.82, 2.24) is 0 Å². The number of ether oxygens (including phenoxy) is 1. The van der Waals surface area contributed by atoms with E-state index in [-0.39, 0.29) is 6.61 Å². The fraction of sp³-hybridized carbons (Fsp3) is 0.467. The molecule has 0 atom stereocenters. The molecule has 0 spiro atoms. The molecule has 0 aliphatic rings. The lowest BCUT2D eigenvalue weighted by Crippen LogP contribution is -2.01. The lowest BCUT2D eigenvalue weighted by atomic mass is 10.1. The van der Waals surface area contributed by atoms with Gasteiger partial charge in [-0.05, 0) is 23.6 Å². The number of aliphatic hydroxyl groups excluding tert-OH is 1. The molecule has 0 heterocycles. The fourth-order valence-corrected chi connectivity index (χ4v) is 1.32. The van der Waals surface area contributed by atoms with Gasteiger partial charge in [-0.15, -0.1) is 0 Å². The highest BCUT2D eigenvalue weighted by Crippen LogP contribution is 2.06. The van der Waals surface area contributed by atoms with E-state index in [0.717, 1.165) is 12.2 Å². The molecule has 1 N–H and O–H groups in total. The molecule has 2 nitrogen and oxygen atoms in total. The molecule has 2 heteroatoms. The van der Waals surface area contributed by atoms with E-state index in [0.29, 0.717) is 18.9 Å². The first-order valence-corrected chi connectivity index (χ1v) is 5.99. The van der Waals surface area contributed by atoms with E-state index in [1.165, 1.54) is 5.56 Å². The van der Waals surface area contributed by atoms with E-state index >= 15 is 0 Å². The first-order valence-electron chi connectivity index (χ1n) is 5.99. The summed E-state index contributed by atoms with van der Waals surface area (Å²) in [5, 5.41) is 8.61. The summed E-state index contributed by atoms with van der Waals surface area (Å²) in [7, 11) is 0. The molecule has 1 rings (SSSR count). The summed E-state index contributed by atoms with van der Waals surface area (Å²) in [6.45, 7) is 5.84. The van der Waals surface area contributed by atoms with E-state index in [4.69, 9.17) is 9.84 Å². The minimum Gasteiger partial charge on any atom is -0.395 e. The molecule has 0 saturated heterocycles. The Hall–Kier alpha value is -1.30. The maximum atomic E-state index is 8.61. The second-order valence-corrected chi connectivity index (χ2v) is 4.38. The predicted octanol–water partition coefficient (Wildman–Crippen LogP) is 2.59. The molecule has 92 valence electrons. The fourth-order valence-electron chi connectivity index (χ4n) is 1.32. The van der Waals surface area contributed by atoms with Crippen LogP contribution in [0.15, 0.2) is 24.3 Å². The SMILES string of the molecule is CC(C)COCc1ccc(C#CCCO)cc1. The monoisotopic (exact) mass is 232 g/mol. The second kappa shape index (κ2) is 7.89. The van der Waals surface area contributed by atoms with Crippen LogP contribution in [0.3, 0.4) is 0 Å². The largest absolute Gasteiger partial charge is 0.395 e. The van der Waals surface area contributed by atoms with E-state index in [1.807, 2.05) is 24.3 Å². The van der Waals surface area contributed by atoms with Crippen molar-refractivity contribution >= 4 is 0 Å². The zero-order valence-electron chi connectivity index (χ0n) is 10.6. The average molecular weight is 232 g/mol. The molecule has 1 aromatic rings. The van der Waals surface area contributed by atoms with Crippen LogP contribution in [0.25, 0.3) is 0 Å². The van der Waals surface area contributed by atoms with Crippen LogP contribution >= 0.6 is 0 Å². The van der Waals surface area contributed by atoms with Gasteiger partial charge in [0.2, 0.25) is 0 Å². The third-order valence-electron chi connectivity index (χ3n) is 2.14.